The second-order valence-electron chi connectivity index (χ2n) is 5.05. The van der Waals surface area contributed by atoms with E-state index in [9.17, 15) is 9.59 Å². The summed E-state index contributed by atoms with van der Waals surface area (Å²) in [5.41, 5.74) is -0.478. The minimum absolute atomic E-state index is 0.111. The van der Waals surface area contributed by atoms with Crippen LogP contribution in [-0.2, 0) is 14.3 Å². The lowest BCUT2D eigenvalue weighted by Crippen LogP contribution is -2.35. The molecule has 0 aliphatic rings. The van der Waals surface area contributed by atoms with Crippen molar-refractivity contribution < 1.29 is 19.1 Å². The van der Waals surface area contributed by atoms with Crippen LogP contribution in [0.15, 0.2) is 0 Å². The first-order valence-electron chi connectivity index (χ1n) is 6.64. The molecular formula is C13H26N2O4. The van der Waals surface area contributed by atoms with Crippen LogP contribution in [0, 0.1) is 0 Å². The zero-order valence-corrected chi connectivity index (χ0v) is 12.6. The van der Waals surface area contributed by atoms with Crippen molar-refractivity contribution in [1.82, 2.24) is 10.2 Å². The van der Waals surface area contributed by atoms with Crippen molar-refractivity contribution >= 4 is 12.1 Å². The van der Waals surface area contributed by atoms with E-state index >= 15 is 0 Å². The maximum absolute atomic E-state index is 11.5. The molecule has 112 valence electrons. The summed E-state index contributed by atoms with van der Waals surface area (Å²) in [4.78, 5) is 24.4. The molecule has 0 fully saturated rings. The highest BCUT2D eigenvalue weighted by Gasteiger charge is 2.15. The van der Waals surface area contributed by atoms with Crippen molar-refractivity contribution in [3.63, 3.8) is 0 Å². The molecule has 0 radical (unpaired) electrons. The van der Waals surface area contributed by atoms with Gasteiger partial charge in [-0.3, -0.25) is 4.79 Å². The number of carbonyl (C=O) groups excluding carboxylic acids is 2. The molecule has 0 bridgehead atoms. The predicted molar refractivity (Wildman–Crippen MR) is 73.0 cm³/mol. The number of carbonyl (C=O) groups is 2. The van der Waals surface area contributed by atoms with E-state index in [0.29, 0.717) is 19.6 Å². The number of nitrogens with one attached hydrogen (secondary N) is 1. The Morgan fingerprint density at radius 2 is 1.74 bits per heavy atom. The molecule has 0 saturated carbocycles. The van der Waals surface area contributed by atoms with Gasteiger partial charge in [-0.15, -0.1) is 0 Å². The molecule has 0 aromatic heterocycles. The molecule has 6 heteroatoms. The molecule has 0 aliphatic heterocycles. The highest BCUT2D eigenvalue weighted by Crippen LogP contribution is 2.05. The summed E-state index contributed by atoms with van der Waals surface area (Å²) in [5.74, 6) is -0.317. The van der Waals surface area contributed by atoms with Gasteiger partial charge in [-0.2, -0.15) is 0 Å². The molecule has 0 atom stereocenters. The number of esters is 1. The Kier molecular flexibility index (Phi) is 8.14. The lowest BCUT2D eigenvalue weighted by molar-refractivity contribution is -0.153. The first kappa shape index (κ1) is 17.7. The average molecular weight is 274 g/mol. The Labute approximate surface area is 115 Å². The molecule has 6 nitrogen and oxygen atoms in total. The molecule has 0 spiro atoms. The third kappa shape index (κ3) is 9.30. The van der Waals surface area contributed by atoms with Crippen molar-refractivity contribution in [2.24, 2.45) is 0 Å². The summed E-state index contributed by atoms with van der Waals surface area (Å²) in [7, 11) is 0. The first-order chi connectivity index (χ1) is 8.80. The van der Waals surface area contributed by atoms with Crippen molar-refractivity contribution in [3.8, 4) is 0 Å². The predicted octanol–water partition coefficient (Wildman–Crippen LogP) is 1.40. The van der Waals surface area contributed by atoms with E-state index in [1.807, 2.05) is 34.6 Å². The zero-order valence-electron chi connectivity index (χ0n) is 12.6. The second-order valence-corrected chi connectivity index (χ2v) is 5.05. The van der Waals surface area contributed by atoms with E-state index in [2.05, 4.69) is 5.32 Å². The standard InChI is InChI=1S/C13H26N2O4/c1-6-15(7-2)12(17)18-9-8-14-10-11(16)19-13(3,4)5/h14H,6-10H2,1-5H3. The van der Waals surface area contributed by atoms with Gasteiger partial charge in [-0.05, 0) is 34.6 Å². The van der Waals surface area contributed by atoms with E-state index in [0.717, 1.165) is 0 Å². The van der Waals surface area contributed by atoms with Crippen LogP contribution in [0.4, 0.5) is 4.79 Å². The molecule has 1 amide bonds. The molecule has 19 heavy (non-hydrogen) atoms. The Bertz CT molecular complexity index is 283. The minimum atomic E-state index is -0.478. The van der Waals surface area contributed by atoms with Crippen molar-refractivity contribution in [2.45, 2.75) is 40.2 Å². The summed E-state index contributed by atoms with van der Waals surface area (Å²) in [5, 5.41) is 2.87. The van der Waals surface area contributed by atoms with E-state index in [1.54, 1.807) is 4.90 Å². The monoisotopic (exact) mass is 274 g/mol. The fraction of sp³-hybridized carbons (Fsp3) is 0.846. The quantitative estimate of drug-likeness (QED) is 0.561. The Morgan fingerprint density at radius 1 is 1.16 bits per heavy atom. The van der Waals surface area contributed by atoms with Gasteiger partial charge in [0, 0.05) is 19.6 Å². The molecular weight excluding hydrogens is 248 g/mol. The first-order valence-corrected chi connectivity index (χ1v) is 6.64. The van der Waals surface area contributed by atoms with Gasteiger partial charge in [0.1, 0.15) is 12.2 Å². The van der Waals surface area contributed by atoms with Gasteiger partial charge >= 0.3 is 12.1 Å². The topological polar surface area (TPSA) is 67.9 Å². The van der Waals surface area contributed by atoms with E-state index in [-0.39, 0.29) is 25.2 Å². The number of amides is 1. The van der Waals surface area contributed by atoms with Crippen LogP contribution in [0.25, 0.3) is 0 Å². The van der Waals surface area contributed by atoms with Gasteiger partial charge in [0.05, 0.1) is 6.54 Å². The molecule has 0 heterocycles. The van der Waals surface area contributed by atoms with Gasteiger partial charge in [0.25, 0.3) is 0 Å². The normalized spacial score (nSPS) is 11.0. The van der Waals surface area contributed by atoms with Crippen molar-refractivity contribution in [1.29, 1.82) is 0 Å². The lowest BCUT2D eigenvalue weighted by Gasteiger charge is -2.20. The fourth-order valence-electron chi connectivity index (χ4n) is 1.35. The van der Waals surface area contributed by atoms with Crippen molar-refractivity contribution in [3.05, 3.63) is 0 Å². The number of rotatable bonds is 7. The maximum Gasteiger partial charge on any atom is 0.409 e. The molecule has 1 N–H and O–H groups in total. The Hall–Kier alpha value is -1.30. The lowest BCUT2D eigenvalue weighted by atomic mass is 10.2. The fourth-order valence-corrected chi connectivity index (χ4v) is 1.35. The Morgan fingerprint density at radius 3 is 2.21 bits per heavy atom. The number of hydrogen-bond acceptors (Lipinski definition) is 5. The largest absolute Gasteiger partial charge is 0.459 e. The summed E-state index contributed by atoms with van der Waals surface area (Å²) >= 11 is 0. The van der Waals surface area contributed by atoms with Gasteiger partial charge in [0.15, 0.2) is 0 Å². The molecule has 0 aliphatic carbocycles. The van der Waals surface area contributed by atoms with Crippen LogP contribution < -0.4 is 5.32 Å². The number of hydrogen-bond donors (Lipinski definition) is 1. The SMILES string of the molecule is CCN(CC)C(=O)OCCNCC(=O)OC(C)(C)C. The summed E-state index contributed by atoms with van der Waals surface area (Å²) in [6.45, 7) is 11.3. The molecule has 0 aromatic carbocycles. The maximum atomic E-state index is 11.5. The van der Waals surface area contributed by atoms with Gasteiger partial charge in [-0.25, -0.2) is 4.79 Å². The minimum Gasteiger partial charge on any atom is -0.459 e. The molecule has 0 saturated heterocycles. The molecule has 0 unspecified atom stereocenters. The van der Waals surface area contributed by atoms with Crippen LogP contribution in [0.1, 0.15) is 34.6 Å². The van der Waals surface area contributed by atoms with Crippen molar-refractivity contribution in [2.75, 3.05) is 32.8 Å². The van der Waals surface area contributed by atoms with E-state index in [4.69, 9.17) is 9.47 Å². The van der Waals surface area contributed by atoms with Gasteiger partial charge in [0.2, 0.25) is 0 Å². The highest BCUT2D eigenvalue weighted by atomic mass is 16.6. The molecule has 0 rings (SSSR count). The van der Waals surface area contributed by atoms with Crippen LogP contribution in [0.5, 0.6) is 0 Å². The van der Waals surface area contributed by atoms with Crippen LogP contribution in [-0.4, -0.2) is 55.3 Å². The van der Waals surface area contributed by atoms with E-state index < -0.39 is 5.60 Å². The summed E-state index contributed by atoms with van der Waals surface area (Å²) in [6.07, 6.45) is -0.330. The highest BCUT2D eigenvalue weighted by molar-refractivity contribution is 5.72. The number of ether oxygens (including phenoxy) is 2. The van der Waals surface area contributed by atoms with Gasteiger partial charge in [-0.1, -0.05) is 0 Å². The van der Waals surface area contributed by atoms with Crippen LogP contribution >= 0.6 is 0 Å². The van der Waals surface area contributed by atoms with E-state index in [1.165, 1.54) is 0 Å². The summed E-state index contributed by atoms with van der Waals surface area (Å²) < 4.78 is 10.2. The third-order valence-corrected chi connectivity index (χ3v) is 2.22. The smallest absolute Gasteiger partial charge is 0.409 e. The third-order valence-electron chi connectivity index (χ3n) is 2.22. The average Bonchev–Trinajstić information content (AvgIpc) is 2.27. The zero-order chi connectivity index (χ0) is 14.9. The Balaban J connectivity index is 3.66. The van der Waals surface area contributed by atoms with Gasteiger partial charge < -0.3 is 19.7 Å². The second kappa shape index (κ2) is 8.74. The number of nitrogens with zero attached hydrogens (tertiary/aromatic N) is 1. The van der Waals surface area contributed by atoms with Crippen LogP contribution in [0.2, 0.25) is 0 Å². The van der Waals surface area contributed by atoms with Crippen LogP contribution in [0.3, 0.4) is 0 Å². The molecule has 0 aromatic rings. The summed E-state index contributed by atoms with van der Waals surface area (Å²) in [6, 6.07) is 0.